The molecule has 1 aromatic carbocycles. The van der Waals surface area contributed by atoms with E-state index in [0.717, 1.165) is 10.9 Å². The van der Waals surface area contributed by atoms with E-state index in [0.29, 0.717) is 0 Å². The number of rotatable bonds is 3. The molecule has 0 fully saturated rings. The molecule has 0 spiro atoms. The lowest BCUT2D eigenvalue weighted by Crippen LogP contribution is -1.86. The lowest BCUT2D eigenvalue weighted by Gasteiger charge is -2.03. The van der Waals surface area contributed by atoms with Gasteiger partial charge in [-0.25, -0.2) is 0 Å². The summed E-state index contributed by atoms with van der Waals surface area (Å²) in [6.45, 7) is 2.21. The van der Waals surface area contributed by atoms with Gasteiger partial charge in [-0.1, -0.05) is 45.2 Å². The highest BCUT2D eigenvalue weighted by Gasteiger charge is 1.99. The molecule has 1 rings (SSSR count). The van der Waals surface area contributed by atoms with E-state index < -0.39 is 0 Å². The summed E-state index contributed by atoms with van der Waals surface area (Å²) in [4.78, 5) is 0. The molecule has 0 aromatic heterocycles. The molecule has 0 aliphatic carbocycles. The average Bonchev–Trinajstić information content (AvgIpc) is 2.07. The second-order valence-corrected chi connectivity index (χ2v) is 4.61. The molecule has 0 N–H and O–H groups in total. The first-order valence-electron chi connectivity index (χ1n) is 4.18. The molecule has 2 heteroatoms. The van der Waals surface area contributed by atoms with Gasteiger partial charge in [0.1, 0.15) is 0 Å². The SMILES string of the molecule is CCCCc1cc(Br)ccc1Br. The molecule has 0 aliphatic rings. The summed E-state index contributed by atoms with van der Waals surface area (Å²) in [5, 5.41) is 0. The molecule has 0 nitrogen and oxygen atoms in total. The van der Waals surface area contributed by atoms with Crippen molar-refractivity contribution in [2.75, 3.05) is 0 Å². The van der Waals surface area contributed by atoms with Crippen LogP contribution < -0.4 is 0 Å². The largest absolute Gasteiger partial charge is 0.0654 e. The Morgan fingerprint density at radius 2 is 2.00 bits per heavy atom. The van der Waals surface area contributed by atoms with Crippen LogP contribution in [0.5, 0.6) is 0 Å². The molecule has 0 atom stereocenters. The zero-order valence-electron chi connectivity index (χ0n) is 7.11. The van der Waals surface area contributed by atoms with Gasteiger partial charge in [-0.2, -0.15) is 0 Å². The normalized spacial score (nSPS) is 10.2. The molecule has 66 valence electrons. The molecule has 0 radical (unpaired) electrons. The van der Waals surface area contributed by atoms with E-state index in [1.807, 2.05) is 0 Å². The van der Waals surface area contributed by atoms with Gasteiger partial charge in [-0.15, -0.1) is 0 Å². The average molecular weight is 292 g/mol. The number of benzene rings is 1. The van der Waals surface area contributed by atoms with E-state index in [1.54, 1.807) is 0 Å². The van der Waals surface area contributed by atoms with Crippen LogP contribution in [0.25, 0.3) is 0 Å². The maximum Gasteiger partial charge on any atom is 0.0208 e. The zero-order valence-corrected chi connectivity index (χ0v) is 10.3. The molecule has 0 aliphatic heterocycles. The van der Waals surface area contributed by atoms with Crippen LogP contribution in [0.15, 0.2) is 27.1 Å². The first-order valence-corrected chi connectivity index (χ1v) is 5.76. The van der Waals surface area contributed by atoms with Gasteiger partial charge in [-0.3, -0.25) is 0 Å². The lowest BCUT2D eigenvalue weighted by molar-refractivity contribution is 0.792. The molecular formula is C10H12Br2. The molecule has 0 bridgehead atoms. The third-order valence-corrected chi connectivity index (χ3v) is 3.07. The summed E-state index contributed by atoms with van der Waals surface area (Å²) in [6, 6.07) is 6.33. The molecule has 12 heavy (non-hydrogen) atoms. The molecule has 1 aromatic rings. The van der Waals surface area contributed by atoms with Crippen LogP contribution in [0.3, 0.4) is 0 Å². The number of halogens is 2. The maximum atomic E-state index is 3.54. The second kappa shape index (κ2) is 5.03. The van der Waals surface area contributed by atoms with E-state index in [2.05, 4.69) is 57.0 Å². The Hall–Kier alpha value is 0.180. The fraction of sp³-hybridized carbons (Fsp3) is 0.400. The van der Waals surface area contributed by atoms with Crippen molar-refractivity contribution in [3.63, 3.8) is 0 Å². The van der Waals surface area contributed by atoms with Gasteiger partial charge in [0.05, 0.1) is 0 Å². The highest BCUT2D eigenvalue weighted by Crippen LogP contribution is 2.22. The van der Waals surface area contributed by atoms with Gasteiger partial charge in [0.25, 0.3) is 0 Å². The van der Waals surface area contributed by atoms with E-state index in [1.165, 1.54) is 22.9 Å². The topological polar surface area (TPSA) is 0 Å². The number of unbranched alkanes of at least 4 members (excludes halogenated alkanes) is 1. The summed E-state index contributed by atoms with van der Waals surface area (Å²) in [6.07, 6.45) is 3.67. The molecule has 0 saturated heterocycles. The predicted molar refractivity (Wildman–Crippen MR) is 60.5 cm³/mol. The Balaban J connectivity index is 2.75. The van der Waals surface area contributed by atoms with Crippen molar-refractivity contribution in [1.29, 1.82) is 0 Å². The van der Waals surface area contributed by atoms with Gasteiger partial charge >= 0.3 is 0 Å². The monoisotopic (exact) mass is 290 g/mol. The van der Waals surface area contributed by atoms with Crippen molar-refractivity contribution in [2.45, 2.75) is 26.2 Å². The van der Waals surface area contributed by atoms with Gasteiger partial charge in [-0.05, 0) is 36.6 Å². The number of hydrogen-bond acceptors (Lipinski definition) is 0. The Morgan fingerprint density at radius 3 is 2.67 bits per heavy atom. The number of aryl methyl sites for hydroxylation is 1. The standard InChI is InChI=1S/C10H12Br2/c1-2-3-4-8-7-9(11)5-6-10(8)12/h5-7H,2-4H2,1H3. The maximum absolute atomic E-state index is 3.54. The smallest absolute Gasteiger partial charge is 0.0208 e. The Bertz CT molecular complexity index is 256. The van der Waals surface area contributed by atoms with E-state index >= 15 is 0 Å². The lowest BCUT2D eigenvalue weighted by atomic mass is 10.1. The minimum absolute atomic E-state index is 1.16. The zero-order chi connectivity index (χ0) is 8.97. The van der Waals surface area contributed by atoms with Crippen molar-refractivity contribution in [3.05, 3.63) is 32.7 Å². The molecular weight excluding hydrogens is 280 g/mol. The van der Waals surface area contributed by atoms with Crippen molar-refractivity contribution in [3.8, 4) is 0 Å². The first-order chi connectivity index (χ1) is 5.74. The van der Waals surface area contributed by atoms with Crippen LogP contribution in [0.1, 0.15) is 25.3 Å². The third kappa shape index (κ3) is 2.91. The van der Waals surface area contributed by atoms with Crippen molar-refractivity contribution in [2.24, 2.45) is 0 Å². The van der Waals surface area contributed by atoms with Gasteiger partial charge < -0.3 is 0 Å². The fourth-order valence-electron chi connectivity index (χ4n) is 1.10. The first kappa shape index (κ1) is 10.3. The molecule has 0 unspecified atom stereocenters. The summed E-state index contributed by atoms with van der Waals surface area (Å²) in [7, 11) is 0. The van der Waals surface area contributed by atoms with Gasteiger partial charge in [0.15, 0.2) is 0 Å². The van der Waals surface area contributed by atoms with Crippen LogP contribution in [0.2, 0.25) is 0 Å². The fourth-order valence-corrected chi connectivity index (χ4v) is 1.96. The minimum atomic E-state index is 1.16. The minimum Gasteiger partial charge on any atom is -0.0654 e. The van der Waals surface area contributed by atoms with Crippen LogP contribution in [-0.2, 0) is 6.42 Å². The second-order valence-electron chi connectivity index (χ2n) is 2.84. The highest BCUT2D eigenvalue weighted by atomic mass is 79.9. The highest BCUT2D eigenvalue weighted by molar-refractivity contribution is 9.11. The molecule has 0 saturated carbocycles. The van der Waals surface area contributed by atoms with E-state index in [-0.39, 0.29) is 0 Å². The van der Waals surface area contributed by atoms with Crippen LogP contribution in [-0.4, -0.2) is 0 Å². The van der Waals surface area contributed by atoms with E-state index in [9.17, 15) is 0 Å². The summed E-state index contributed by atoms with van der Waals surface area (Å²) in [5.74, 6) is 0. The molecule has 0 amide bonds. The Labute approximate surface area is 90.6 Å². The van der Waals surface area contributed by atoms with Crippen molar-refractivity contribution < 1.29 is 0 Å². The Morgan fingerprint density at radius 1 is 1.25 bits per heavy atom. The quantitative estimate of drug-likeness (QED) is 0.766. The van der Waals surface area contributed by atoms with Crippen molar-refractivity contribution in [1.82, 2.24) is 0 Å². The van der Waals surface area contributed by atoms with Crippen LogP contribution in [0.4, 0.5) is 0 Å². The van der Waals surface area contributed by atoms with E-state index in [4.69, 9.17) is 0 Å². The predicted octanol–water partition coefficient (Wildman–Crippen LogP) is 4.55. The molecule has 0 heterocycles. The number of hydrogen-bond donors (Lipinski definition) is 0. The van der Waals surface area contributed by atoms with Gasteiger partial charge in [0.2, 0.25) is 0 Å². The van der Waals surface area contributed by atoms with Crippen molar-refractivity contribution >= 4 is 31.9 Å². The van der Waals surface area contributed by atoms with Crippen LogP contribution >= 0.6 is 31.9 Å². The summed E-state index contributed by atoms with van der Waals surface area (Å²) < 4.78 is 2.39. The Kier molecular flexibility index (Phi) is 4.30. The summed E-state index contributed by atoms with van der Waals surface area (Å²) >= 11 is 7.01. The third-order valence-electron chi connectivity index (χ3n) is 1.81. The van der Waals surface area contributed by atoms with Crippen LogP contribution in [0, 0.1) is 0 Å². The van der Waals surface area contributed by atoms with Gasteiger partial charge in [0, 0.05) is 8.95 Å². The summed E-state index contributed by atoms with van der Waals surface area (Å²) in [5.41, 5.74) is 1.39.